The standard InChI is InChI=1S/C24H25N7O2S/c1-33-20-9-7-19(8-10-20)31-24-22(27-28-31)23(25-17-26-24)30-13-11-29(12-14-30)21(32)16-34-15-18-5-3-2-4-6-18/h2-10,17H,11-16H2,1H3. The van der Waals surface area contributed by atoms with Crippen molar-refractivity contribution in [3.63, 3.8) is 0 Å². The monoisotopic (exact) mass is 475 g/mol. The van der Waals surface area contributed by atoms with E-state index in [0.29, 0.717) is 43.1 Å². The van der Waals surface area contributed by atoms with Crippen LogP contribution in [0.2, 0.25) is 0 Å². The molecule has 0 N–H and O–H groups in total. The first-order chi connectivity index (χ1) is 16.7. The molecule has 9 nitrogen and oxygen atoms in total. The molecule has 174 valence electrons. The fourth-order valence-electron chi connectivity index (χ4n) is 3.95. The van der Waals surface area contributed by atoms with E-state index < -0.39 is 0 Å². The number of hydrogen-bond donors (Lipinski definition) is 0. The Labute approximate surface area is 201 Å². The Morgan fingerprint density at radius 3 is 2.50 bits per heavy atom. The molecule has 0 unspecified atom stereocenters. The van der Waals surface area contributed by atoms with Gasteiger partial charge in [-0.15, -0.1) is 16.9 Å². The molecule has 2 aromatic heterocycles. The first-order valence-corrected chi connectivity index (χ1v) is 12.2. The fourth-order valence-corrected chi connectivity index (χ4v) is 4.84. The summed E-state index contributed by atoms with van der Waals surface area (Å²) < 4.78 is 6.93. The molecule has 34 heavy (non-hydrogen) atoms. The van der Waals surface area contributed by atoms with Crippen LogP contribution in [0.5, 0.6) is 5.75 Å². The van der Waals surface area contributed by atoms with E-state index in [9.17, 15) is 4.79 Å². The van der Waals surface area contributed by atoms with E-state index in [-0.39, 0.29) is 5.91 Å². The number of piperazine rings is 1. The maximum atomic E-state index is 12.7. The number of ether oxygens (including phenoxy) is 1. The van der Waals surface area contributed by atoms with Gasteiger partial charge in [0.05, 0.1) is 18.6 Å². The van der Waals surface area contributed by atoms with Gasteiger partial charge in [0.15, 0.2) is 17.0 Å². The largest absolute Gasteiger partial charge is 0.497 e. The third-order valence-corrected chi connectivity index (χ3v) is 6.79. The summed E-state index contributed by atoms with van der Waals surface area (Å²) in [4.78, 5) is 25.7. The minimum Gasteiger partial charge on any atom is -0.497 e. The number of anilines is 1. The van der Waals surface area contributed by atoms with E-state index in [1.807, 2.05) is 47.4 Å². The molecule has 0 radical (unpaired) electrons. The Kier molecular flexibility index (Phi) is 6.57. The number of rotatable bonds is 7. The Bertz CT molecular complexity index is 1260. The lowest BCUT2D eigenvalue weighted by atomic mass is 10.2. The molecule has 0 spiro atoms. The molecule has 5 rings (SSSR count). The van der Waals surface area contributed by atoms with Crippen molar-refractivity contribution >= 4 is 34.7 Å². The van der Waals surface area contributed by atoms with Gasteiger partial charge < -0.3 is 14.5 Å². The minimum atomic E-state index is 0.180. The van der Waals surface area contributed by atoms with Crippen LogP contribution in [0.4, 0.5) is 5.82 Å². The van der Waals surface area contributed by atoms with Crippen molar-refractivity contribution in [1.82, 2.24) is 29.9 Å². The van der Waals surface area contributed by atoms with Crippen molar-refractivity contribution in [2.75, 3.05) is 43.9 Å². The van der Waals surface area contributed by atoms with Crippen molar-refractivity contribution in [1.29, 1.82) is 0 Å². The topological polar surface area (TPSA) is 89.3 Å². The number of hydrogen-bond acceptors (Lipinski definition) is 8. The van der Waals surface area contributed by atoms with Gasteiger partial charge in [-0.3, -0.25) is 4.79 Å². The van der Waals surface area contributed by atoms with E-state index in [0.717, 1.165) is 23.0 Å². The summed E-state index contributed by atoms with van der Waals surface area (Å²) in [7, 11) is 1.64. The lowest BCUT2D eigenvalue weighted by molar-refractivity contribution is -0.128. The van der Waals surface area contributed by atoms with Crippen molar-refractivity contribution < 1.29 is 9.53 Å². The number of aromatic nitrogens is 5. The first-order valence-electron chi connectivity index (χ1n) is 11.1. The maximum absolute atomic E-state index is 12.7. The van der Waals surface area contributed by atoms with Crippen LogP contribution in [0.1, 0.15) is 5.56 Å². The number of methoxy groups -OCH3 is 1. The number of carbonyl (C=O) groups is 1. The zero-order valence-electron chi connectivity index (χ0n) is 18.9. The van der Waals surface area contributed by atoms with E-state index in [1.165, 1.54) is 5.56 Å². The van der Waals surface area contributed by atoms with Crippen LogP contribution in [0.15, 0.2) is 60.9 Å². The predicted molar refractivity (Wildman–Crippen MR) is 132 cm³/mol. The second-order valence-electron chi connectivity index (χ2n) is 7.91. The lowest BCUT2D eigenvalue weighted by Crippen LogP contribution is -2.49. The van der Waals surface area contributed by atoms with E-state index >= 15 is 0 Å². The summed E-state index contributed by atoms with van der Waals surface area (Å²) >= 11 is 1.66. The quantitative estimate of drug-likeness (QED) is 0.403. The van der Waals surface area contributed by atoms with Crippen molar-refractivity contribution in [2.45, 2.75) is 5.75 Å². The normalized spacial score (nSPS) is 13.9. The average Bonchev–Trinajstić information content (AvgIpc) is 3.34. The Morgan fingerprint density at radius 2 is 1.76 bits per heavy atom. The predicted octanol–water partition coefficient (Wildman–Crippen LogP) is 2.80. The highest BCUT2D eigenvalue weighted by atomic mass is 32.2. The molecule has 0 saturated carbocycles. The molecular weight excluding hydrogens is 450 g/mol. The Hall–Kier alpha value is -3.66. The van der Waals surface area contributed by atoms with Gasteiger partial charge in [-0.1, -0.05) is 35.5 Å². The van der Waals surface area contributed by atoms with Gasteiger partial charge in [0, 0.05) is 31.9 Å². The second-order valence-corrected chi connectivity index (χ2v) is 8.90. The van der Waals surface area contributed by atoms with Crippen LogP contribution < -0.4 is 9.64 Å². The lowest BCUT2D eigenvalue weighted by Gasteiger charge is -2.35. The number of nitrogens with zero attached hydrogens (tertiary/aromatic N) is 7. The summed E-state index contributed by atoms with van der Waals surface area (Å²) in [6, 6.07) is 17.8. The number of fused-ring (bicyclic) bond motifs is 1. The van der Waals surface area contributed by atoms with Gasteiger partial charge in [-0.25, -0.2) is 9.97 Å². The number of amides is 1. The van der Waals surface area contributed by atoms with Gasteiger partial charge in [0.2, 0.25) is 5.91 Å². The molecule has 0 bridgehead atoms. The van der Waals surface area contributed by atoms with Crippen LogP contribution in [0.25, 0.3) is 16.9 Å². The molecular formula is C24H25N7O2S. The smallest absolute Gasteiger partial charge is 0.232 e. The van der Waals surface area contributed by atoms with Crippen LogP contribution in [0, 0.1) is 0 Å². The van der Waals surface area contributed by atoms with Gasteiger partial charge in [-0.05, 0) is 29.8 Å². The zero-order valence-corrected chi connectivity index (χ0v) is 19.7. The summed E-state index contributed by atoms with van der Waals surface area (Å²) in [5.41, 5.74) is 3.37. The average molecular weight is 476 g/mol. The first kappa shape index (κ1) is 22.1. The Balaban J connectivity index is 1.22. The minimum absolute atomic E-state index is 0.180. The number of thioether (sulfide) groups is 1. The van der Waals surface area contributed by atoms with Crippen LogP contribution >= 0.6 is 11.8 Å². The maximum Gasteiger partial charge on any atom is 0.232 e. The molecule has 3 heterocycles. The second kappa shape index (κ2) is 10.1. The van der Waals surface area contributed by atoms with Gasteiger partial charge in [-0.2, -0.15) is 4.68 Å². The van der Waals surface area contributed by atoms with Crippen molar-refractivity contribution in [2.24, 2.45) is 0 Å². The summed E-state index contributed by atoms with van der Waals surface area (Å²) in [6.45, 7) is 2.69. The zero-order chi connectivity index (χ0) is 23.3. The third-order valence-electron chi connectivity index (χ3n) is 5.80. The van der Waals surface area contributed by atoms with E-state index in [4.69, 9.17) is 4.74 Å². The molecule has 1 fully saturated rings. The van der Waals surface area contributed by atoms with E-state index in [2.05, 4.69) is 37.3 Å². The molecule has 2 aromatic carbocycles. The third kappa shape index (κ3) is 4.67. The number of carbonyl (C=O) groups excluding carboxylic acids is 1. The molecule has 4 aromatic rings. The molecule has 1 aliphatic rings. The van der Waals surface area contributed by atoms with E-state index in [1.54, 1.807) is 29.9 Å². The van der Waals surface area contributed by atoms with Crippen LogP contribution in [-0.4, -0.2) is 74.8 Å². The molecule has 1 aliphatic heterocycles. The van der Waals surface area contributed by atoms with Crippen molar-refractivity contribution in [3.8, 4) is 11.4 Å². The van der Waals surface area contributed by atoms with Gasteiger partial charge in [0.1, 0.15) is 12.1 Å². The van der Waals surface area contributed by atoms with Gasteiger partial charge >= 0.3 is 0 Å². The highest BCUT2D eigenvalue weighted by Crippen LogP contribution is 2.24. The van der Waals surface area contributed by atoms with Crippen molar-refractivity contribution in [3.05, 3.63) is 66.5 Å². The molecule has 0 aliphatic carbocycles. The molecule has 10 heteroatoms. The molecule has 1 amide bonds. The fraction of sp³-hybridized carbons (Fsp3) is 0.292. The summed E-state index contributed by atoms with van der Waals surface area (Å²) in [5, 5.41) is 8.68. The van der Waals surface area contributed by atoms with Crippen LogP contribution in [-0.2, 0) is 10.5 Å². The SMILES string of the molecule is COc1ccc(-n2nnc3c(N4CCN(C(=O)CSCc5ccccc5)CC4)ncnc32)cc1. The van der Waals surface area contributed by atoms with Crippen LogP contribution in [0.3, 0.4) is 0 Å². The molecule has 1 saturated heterocycles. The highest BCUT2D eigenvalue weighted by molar-refractivity contribution is 7.99. The summed E-state index contributed by atoms with van der Waals surface area (Å²) in [5.74, 6) is 3.03. The summed E-state index contributed by atoms with van der Waals surface area (Å²) in [6.07, 6.45) is 1.54. The van der Waals surface area contributed by atoms with Gasteiger partial charge in [0.25, 0.3) is 0 Å². The highest BCUT2D eigenvalue weighted by Gasteiger charge is 2.24. The Morgan fingerprint density at radius 1 is 1.00 bits per heavy atom. The number of benzene rings is 2. The molecule has 0 atom stereocenters.